The second-order valence-electron chi connectivity index (χ2n) is 2.73. The number of carbonyl (C=O) groups is 1. The summed E-state index contributed by atoms with van der Waals surface area (Å²) >= 11 is 0. The molecular formula is C6H11NO3. The summed E-state index contributed by atoms with van der Waals surface area (Å²) in [4.78, 5) is 11.5. The van der Waals surface area contributed by atoms with Crippen LogP contribution in [0.25, 0.3) is 0 Å². The van der Waals surface area contributed by atoms with Gasteiger partial charge in [0.05, 0.1) is 12.6 Å². The maximum atomic E-state index is 10.3. The molecule has 0 radical (unpaired) electrons. The highest BCUT2D eigenvalue weighted by atomic mass is 16.4. The van der Waals surface area contributed by atoms with Crippen molar-refractivity contribution in [3.8, 4) is 0 Å². The summed E-state index contributed by atoms with van der Waals surface area (Å²) in [6.07, 6.45) is -1.42. The lowest BCUT2D eigenvalue weighted by Gasteiger charge is -2.08. The van der Waals surface area contributed by atoms with Gasteiger partial charge in [0.15, 0.2) is 0 Å². The Morgan fingerprint density at radius 1 is 1.60 bits per heavy atom. The molecule has 0 bridgehead atoms. The average Bonchev–Trinajstić information content (AvgIpc) is 2.13. The van der Waals surface area contributed by atoms with E-state index >= 15 is 0 Å². The van der Waals surface area contributed by atoms with Crippen LogP contribution >= 0.6 is 0 Å². The van der Waals surface area contributed by atoms with Crippen LogP contribution in [0.5, 0.6) is 0 Å². The van der Waals surface area contributed by atoms with E-state index < -0.39 is 12.2 Å². The summed E-state index contributed by atoms with van der Waals surface area (Å²) < 4.78 is 0. The molecule has 2 atom stereocenters. The van der Waals surface area contributed by atoms with Crippen molar-refractivity contribution in [1.82, 2.24) is 4.90 Å². The third-order valence-corrected chi connectivity index (χ3v) is 1.84. The van der Waals surface area contributed by atoms with Gasteiger partial charge < -0.3 is 15.1 Å². The van der Waals surface area contributed by atoms with Gasteiger partial charge in [-0.15, -0.1) is 0 Å². The molecule has 1 saturated heterocycles. The number of aliphatic hydroxyl groups is 1. The minimum Gasteiger partial charge on any atom is -0.465 e. The highest BCUT2D eigenvalue weighted by Gasteiger charge is 2.30. The number of aliphatic hydroxyl groups excluding tert-OH is 1. The molecule has 0 saturated carbocycles. The fourth-order valence-corrected chi connectivity index (χ4v) is 1.11. The molecule has 2 unspecified atom stereocenters. The van der Waals surface area contributed by atoms with Gasteiger partial charge in [0.25, 0.3) is 0 Å². The second-order valence-corrected chi connectivity index (χ2v) is 2.73. The van der Waals surface area contributed by atoms with E-state index in [1.165, 1.54) is 4.90 Å². The van der Waals surface area contributed by atoms with Gasteiger partial charge >= 0.3 is 6.09 Å². The lowest BCUT2D eigenvalue weighted by molar-refractivity contribution is 0.134. The number of carboxylic acid groups (broad SMARTS) is 1. The van der Waals surface area contributed by atoms with Crippen LogP contribution in [0.3, 0.4) is 0 Å². The summed E-state index contributed by atoms with van der Waals surface area (Å²) in [5, 5.41) is 17.6. The molecule has 1 aliphatic heterocycles. The van der Waals surface area contributed by atoms with Crippen molar-refractivity contribution < 1.29 is 15.0 Å². The Morgan fingerprint density at radius 3 is 2.40 bits per heavy atom. The average molecular weight is 145 g/mol. The lowest BCUT2D eigenvalue weighted by atomic mass is 10.1. The molecule has 1 aliphatic rings. The number of hydrogen-bond donors (Lipinski definition) is 2. The monoisotopic (exact) mass is 145 g/mol. The molecule has 1 rings (SSSR count). The van der Waals surface area contributed by atoms with Crippen molar-refractivity contribution in [2.45, 2.75) is 13.0 Å². The van der Waals surface area contributed by atoms with Gasteiger partial charge in [-0.25, -0.2) is 4.79 Å². The van der Waals surface area contributed by atoms with Crippen molar-refractivity contribution in [3.05, 3.63) is 0 Å². The van der Waals surface area contributed by atoms with E-state index in [0.717, 1.165) is 0 Å². The topological polar surface area (TPSA) is 60.8 Å². The quantitative estimate of drug-likeness (QED) is 0.503. The summed E-state index contributed by atoms with van der Waals surface area (Å²) in [5.41, 5.74) is 0. The largest absolute Gasteiger partial charge is 0.465 e. The van der Waals surface area contributed by atoms with Gasteiger partial charge in [-0.2, -0.15) is 0 Å². The number of hydrogen-bond acceptors (Lipinski definition) is 2. The number of nitrogens with zero attached hydrogens (tertiary/aromatic N) is 1. The van der Waals surface area contributed by atoms with Crippen molar-refractivity contribution in [1.29, 1.82) is 0 Å². The van der Waals surface area contributed by atoms with Crippen LogP contribution in [0.4, 0.5) is 4.79 Å². The molecule has 1 heterocycles. The van der Waals surface area contributed by atoms with E-state index in [-0.39, 0.29) is 12.5 Å². The molecule has 0 aromatic carbocycles. The Morgan fingerprint density at radius 2 is 2.20 bits per heavy atom. The molecule has 4 nitrogen and oxygen atoms in total. The Kier molecular flexibility index (Phi) is 1.80. The van der Waals surface area contributed by atoms with Crippen LogP contribution in [-0.2, 0) is 0 Å². The summed E-state index contributed by atoms with van der Waals surface area (Å²) in [7, 11) is 0. The maximum absolute atomic E-state index is 10.3. The van der Waals surface area contributed by atoms with Gasteiger partial charge in [-0.05, 0) is 0 Å². The predicted octanol–water partition coefficient (Wildman–Crippen LogP) is -0.0230. The molecule has 58 valence electrons. The van der Waals surface area contributed by atoms with Crippen molar-refractivity contribution in [2.24, 2.45) is 5.92 Å². The highest BCUT2D eigenvalue weighted by molar-refractivity contribution is 5.65. The molecule has 2 N–H and O–H groups in total. The van der Waals surface area contributed by atoms with Crippen LogP contribution in [0.15, 0.2) is 0 Å². The van der Waals surface area contributed by atoms with Crippen molar-refractivity contribution in [2.75, 3.05) is 13.1 Å². The van der Waals surface area contributed by atoms with Crippen molar-refractivity contribution >= 4 is 6.09 Å². The van der Waals surface area contributed by atoms with Crippen LogP contribution < -0.4 is 0 Å². The van der Waals surface area contributed by atoms with E-state index in [9.17, 15) is 4.79 Å². The Hall–Kier alpha value is -0.770. The van der Waals surface area contributed by atoms with E-state index in [1.807, 2.05) is 6.92 Å². The molecule has 1 amide bonds. The van der Waals surface area contributed by atoms with E-state index in [4.69, 9.17) is 10.2 Å². The molecule has 0 aliphatic carbocycles. The molecular weight excluding hydrogens is 134 g/mol. The first-order valence-corrected chi connectivity index (χ1v) is 3.27. The number of amides is 1. The van der Waals surface area contributed by atoms with Crippen LogP contribution in [0.1, 0.15) is 6.92 Å². The Bertz CT molecular complexity index is 138. The van der Waals surface area contributed by atoms with E-state index in [1.54, 1.807) is 0 Å². The number of β-amino-alcohol motifs (C(OH)–C–C–N with tert-alkyl or cyclic N) is 1. The number of likely N-dealkylation sites (tertiary alicyclic amines) is 1. The summed E-state index contributed by atoms with van der Waals surface area (Å²) in [6.45, 7) is 2.56. The molecule has 10 heavy (non-hydrogen) atoms. The van der Waals surface area contributed by atoms with Gasteiger partial charge in [-0.1, -0.05) is 6.92 Å². The molecule has 4 heteroatoms. The van der Waals surface area contributed by atoms with Gasteiger partial charge in [0.1, 0.15) is 0 Å². The van der Waals surface area contributed by atoms with Gasteiger partial charge in [-0.3, -0.25) is 0 Å². The molecule has 1 fully saturated rings. The maximum Gasteiger partial charge on any atom is 0.407 e. The minimum absolute atomic E-state index is 0.0797. The lowest BCUT2D eigenvalue weighted by Crippen LogP contribution is -2.27. The fraction of sp³-hybridized carbons (Fsp3) is 0.833. The third kappa shape index (κ3) is 1.21. The van der Waals surface area contributed by atoms with Crippen LogP contribution in [0, 0.1) is 5.92 Å². The molecule has 0 aromatic heterocycles. The zero-order valence-electron chi connectivity index (χ0n) is 5.82. The van der Waals surface area contributed by atoms with Gasteiger partial charge in [0.2, 0.25) is 0 Å². The first-order valence-electron chi connectivity index (χ1n) is 3.27. The zero-order valence-corrected chi connectivity index (χ0v) is 5.82. The molecule has 0 aromatic rings. The highest BCUT2D eigenvalue weighted by Crippen LogP contribution is 2.15. The second kappa shape index (κ2) is 2.46. The first kappa shape index (κ1) is 7.34. The Labute approximate surface area is 59.1 Å². The SMILES string of the molecule is CC1CN(C(=O)O)CC1O. The smallest absolute Gasteiger partial charge is 0.407 e. The van der Waals surface area contributed by atoms with E-state index in [0.29, 0.717) is 6.54 Å². The van der Waals surface area contributed by atoms with E-state index in [2.05, 4.69) is 0 Å². The third-order valence-electron chi connectivity index (χ3n) is 1.84. The molecule has 0 spiro atoms. The minimum atomic E-state index is -0.941. The standard InChI is InChI=1S/C6H11NO3/c1-4-2-7(6(9)10)3-5(4)8/h4-5,8H,2-3H2,1H3,(H,9,10). The number of rotatable bonds is 0. The summed E-state index contributed by atoms with van der Waals surface area (Å²) in [6, 6.07) is 0. The van der Waals surface area contributed by atoms with Crippen LogP contribution in [-0.4, -0.2) is 40.4 Å². The Balaban J connectivity index is 2.49. The van der Waals surface area contributed by atoms with Crippen molar-refractivity contribution in [3.63, 3.8) is 0 Å². The first-order chi connectivity index (χ1) is 4.61. The van der Waals surface area contributed by atoms with Gasteiger partial charge in [0, 0.05) is 12.5 Å². The van der Waals surface area contributed by atoms with Crippen LogP contribution in [0.2, 0.25) is 0 Å². The zero-order chi connectivity index (χ0) is 7.72. The predicted molar refractivity (Wildman–Crippen MR) is 34.8 cm³/mol. The summed E-state index contributed by atoms with van der Waals surface area (Å²) in [5.74, 6) is 0.0797. The fourth-order valence-electron chi connectivity index (χ4n) is 1.11. The normalized spacial score (nSPS) is 32.8.